The summed E-state index contributed by atoms with van der Waals surface area (Å²) < 4.78 is 11.5. The third-order valence-corrected chi connectivity index (χ3v) is 5.04. The van der Waals surface area contributed by atoms with E-state index in [1.54, 1.807) is 30.3 Å². The van der Waals surface area contributed by atoms with Crippen LogP contribution in [0.2, 0.25) is 10.0 Å². The molecule has 0 fully saturated rings. The number of carbonyl (C=O) groups is 1. The molecule has 5 nitrogen and oxygen atoms in total. The molecule has 0 aliphatic carbocycles. The van der Waals surface area contributed by atoms with E-state index in [1.165, 1.54) is 0 Å². The third-order valence-electron chi connectivity index (χ3n) is 4.44. The smallest absolute Gasteiger partial charge is 0.262 e. The van der Waals surface area contributed by atoms with Crippen molar-refractivity contribution in [2.75, 3.05) is 11.9 Å². The van der Waals surface area contributed by atoms with Crippen molar-refractivity contribution in [1.29, 1.82) is 0 Å². The maximum Gasteiger partial charge on any atom is 0.262 e. The maximum atomic E-state index is 12.4. The lowest BCUT2D eigenvalue weighted by atomic mass is 10.2. The lowest BCUT2D eigenvalue weighted by molar-refractivity contribution is -0.118. The first-order chi connectivity index (χ1) is 15.0. The van der Waals surface area contributed by atoms with E-state index in [0.29, 0.717) is 38.1 Å². The summed E-state index contributed by atoms with van der Waals surface area (Å²) in [5.41, 5.74) is 1.93. The quantitative estimate of drug-likeness (QED) is 0.355. The molecule has 0 atom stereocenters. The number of ether oxygens (including phenoxy) is 2. The Kier molecular flexibility index (Phi) is 6.26. The highest BCUT2D eigenvalue weighted by Crippen LogP contribution is 2.37. The van der Waals surface area contributed by atoms with Crippen LogP contribution in [0.25, 0.3) is 10.9 Å². The normalized spacial score (nSPS) is 10.7. The van der Waals surface area contributed by atoms with Gasteiger partial charge in [0.15, 0.2) is 12.4 Å². The number of fused-ring (bicyclic) bond motifs is 1. The number of aryl methyl sites for hydroxylation is 1. The minimum Gasteiger partial charge on any atom is -0.480 e. The average Bonchev–Trinajstić information content (AvgIpc) is 2.75. The molecule has 1 aromatic heterocycles. The minimum absolute atomic E-state index is 0.228. The van der Waals surface area contributed by atoms with E-state index in [1.807, 2.05) is 49.4 Å². The molecule has 4 rings (SSSR count). The van der Waals surface area contributed by atoms with Crippen LogP contribution in [0.3, 0.4) is 0 Å². The molecule has 0 spiro atoms. The van der Waals surface area contributed by atoms with Crippen LogP contribution in [0.15, 0.2) is 72.8 Å². The summed E-state index contributed by atoms with van der Waals surface area (Å²) in [7, 11) is 0. The molecule has 156 valence electrons. The Labute approximate surface area is 189 Å². The summed E-state index contributed by atoms with van der Waals surface area (Å²) in [6.07, 6.45) is 0. The molecular formula is C24H18Cl2N2O3. The summed E-state index contributed by atoms with van der Waals surface area (Å²) in [4.78, 5) is 16.8. The number of benzene rings is 3. The highest BCUT2D eigenvalue weighted by atomic mass is 35.5. The molecule has 7 heteroatoms. The van der Waals surface area contributed by atoms with E-state index in [2.05, 4.69) is 10.3 Å². The first kappa shape index (κ1) is 21.0. The molecule has 0 bridgehead atoms. The zero-order valence-electron chi connectivity index (χ0n) is 16.6. The average molecular weight is 453 g/mol. The largest absolute Gasteiger partial charge is 0.480 e. The van der Waals surface area contributed by atoms with Gasteiger partial charge in [-0.2, -0.15) is 0 Å². The number of nitrogens with one attached hydrogen (secondary N) is 1. The molecule has 1 N–H and O–H groups in total. The van der Waals surface area contributed by atoms with Crippen LogP contribution < -0.4 is 14.8 Å². The van der Waals surface area contributed by atoms with Crippen molar-refractivity contribution in [3.05, 3.63) is 88.5 Å². The van der Waals surface area contributed by atoms with Crippen LogP contribution >= 0.6 is 23.2 Å². The highest BCUT2D eigenvalue weighted by Gasteiger charge is 2.15. The van der Waals surface area contributed by atoms with Gasteiger partial charge in [-0.1, -0.05) is 41.4 Å². The number of aromatic nitrogens is 1. The molecular weight excluding hydrogens is 435 g/mol. The van der Waals surface area contributed by atoms with Crippen molar-refractivity contribution in [2.45, 2.75) is 6.92 Å². The van der Waals surface area contributed by atoms with Crippen molar-refractivity contribution >= 4 is 45.7 Å². The Morgan fingerprint density at radius 3 is 2.39 bits per heavy atom. The zero-order valence-corrected chi connectivity index (χ0v) is 18.1. The lowest BCUT2D eigenvalue weighted by Crippen LogP contribution is -2.20. The van der Waals surface area contributed by atoms with Gasteiger partial charge in [-0.15, -0.1) is 0 Å². The predicted octanol–water partition coefficient (Wildman–Crippen LogP) is 6.66. The molecule has 1 amide bonds. The van der Waals surface area contributed by atoms with Gasteiger partial charge in [0.2, 0.25) is 0 Å². The Morgan fingerprint density at radius 2 is 1.65 bits per heavy atom. The summed E-state index contributed by atoms with van der Waals surface area (Å²) in [6.45, 7) is 1.63. The van der Waals surface area contributed by atoms with Gasteiger partial charge in [0, 0.05) is 16.8 Å². The Balaban J connectivity index is 1.41. The topological polar surface area (TPSA) is 60.5 Å². The molecule has 3 aromatic carbocycles. The van der Waals surface area contributed by atoms with Crippen LogP contribution in [0, 0.1) is 6.92 Å². The van der Waals surface area contributed by atoms with Crippen molar-refractivity contribution in [2.24, 2.45) is 0 Å². The number of hydrogen-bond acceptors (Lipinski definition) is 4. The first-order valence-corrected chi connectivity index (χ1v) is 10.3. The number of pyridine rings is 1. The van der Waals surface area contributed by atoms with E-state index in [4.69, 9.17) is 32.7 Å². The fourth-order valence-corrected chi connectivity index (χ4v) is 3.56. The number of hydrogen-bond donors (Lipinski definition) is 1. The number of carbonyl (C=O) groups excluding carboxylic acids is 1. The van der Waals surface area contributed by atoms with Gasteiger partial charge in [-0.05, 0) is 61.5 Å². The van der Waals surface area contributed by atoms with Crippen molar-refractivity contribution in [3.63, 3.8) is 0 Å². The van der Waals surface area contributed by atoms with Crippen molar-refractivity contribution < 1.29 is 14.3 Å². The summed E-state index contributed by atoms with van der Waals surface area (Å²) in [6, 6.07) is 21.8. The van der Waals surface area contributed by atoms with Gasteiger partial charge in [-0.3, -0.25) is 4.79 Å². The second-order valence-corrected chi connectivity index (χ2v) is 7.61. The van der Waals surface area contributed by atoms with Crippen LogP contribution in [0.4, 0.5) is 5.69 Å². The fourth-order valence-electron chi connectivity index (χ4n) is 2.99. The van der Waals surface area contributed by atoms with Crippen LogP contribution in [0.5, 0.6) is 17.2 Å². The van der Waals surface area contributed by atoms with Crippen LogP contribution in [-0.4, -0.2) is 17.5 Å². The number of anilines is 1. The fraction of sp³-hybridized carbons (Fsp3) is 0.0833. The Morgan fingerprint density at radius 1 is 0.935 bits per heavy atom. The van der Waals surface area contributed by atoms with Gasteiger partial charge >= 0.3 is 0 Å². The molecule has 0 radical (unpaired) electrons. The number of nitrogens with zero attached hydrogens (tertiary/aromatic N) is 1. The van der Waals surface area contributed by atoms with Crippen LogP contribution in [-0.2, 0) is 4.79 Å². The molecule has 0 aliphatic rings. The highest BCUT2D eigenvalue weighted by molar-refractivity contribution is 6.39. The summed E-state index contributed by atoms with van der Waals surface area (Å²) in [5.74, 6) is 1.40. The predicted molar refractivity (Wildman–Crippen MR) is 124 cm³/mol. The lowest BCUT2D eigenvalue weighted by Gasteiger charge is -2.13. The molecule has 1 heterocycles. The molecule has 4 aromatic rings. The molecule has 0 saturated heterocycles. The Hall–Kier alpha value is -3.28. The molecule has 0 aliphatic heterocycles. The van der Waals surface area contributed by atoms with Crippen LogP contribution in [0.1, 0.15) is 5.69 Å². The number of halogens is 2. The second kappa shape index (κ2) is 9.25. The van der Waals surface area contributed by atoms with E-state index < -0.39 is 0 Å². The maximum absolute atomic E-state index is 12.4. The van der Waals surface area contributed by atoms with E-state index in [9.17, 15) is 4.79 Å². The molecule has 0 saturated carbocycles. The van der Waals surface area contributed by atoms with Gasteiger partial charge in [-0.25, -0.2) is 4.98 Å². The Bertz CT molecular complexity index is 1230. The number of amides is 1. The number of rotatable bonds is 6. The zero-order chi connectivity index (χ0) is 21.8. The number of para-hydroxylation sites is 1. The van der Waals surface area contributed by atoms with Gasteiger partial charge in [0.25, 0.3) is 5.91 Å². The second-order valence-electron chi connectivity index (χ2n) is 6.79. The van der Waals surface area contributed by atoms with Gasteiger partial charge < -0.3 is 14.8 Å². The summed E-state index contributed by atoms with van der Waals surface area (Å²) in [5, 5.41) is 4.27. The SMILES string of the molecule is Cc1ccc2c(Cl)cc(Cl)c(OCC(=O)Nc3ccc(Oc4ccccc4)cc3)c2n1. The standard InChI is InChI=1S/C24H18Cl2N2O3/c1-15-7-12-19-20(25)13-21(26)24(23(19)27-15)30-14-22(29)28-16-8-10-18(11-9-16)31-17-5-3-2-4-6-17/h2-13H,14H2,1H3,(H,28,29). The first-order valence-electron chi connectivity index (χ1n) is 9.50. The van der Waals surface area contributed by atoms with Crippen molar-refractivity contribution in [3.8, 4) is 17.2 Å². The molecule has 0 unspecified atom stereocenters. The third kappa shape index (κ3) is 5.08. The minimum atomic E-state index is -0.330. The van der Waals surface area contributed by atoms with Crippen molar-refractivity contribution in [1.82, 2.24) is 4.98 Å². The monoisotopic (exact) mass is 452 g/mol. The van der Waals surface area contributed by atoms with E-state index in [-0.39, 0.29) is 12.5 Å². The molecule has 31 heavy (non-hydrogen) atoms. The summed E-state index contributed by atoms with van der Waals surface area (Å²) >= 11 is 12.5. The van der Waals surface area contributed by atoms with E-state index >= 15 is 0 Å². The van der Waals surface area contributed by atoms with E-state index in [0.717, 1.165) is 11.4 Å². The van der Waals surface area contributed by atoms with Gasteiger partial charge in [0.05, 0.1) is 10.0 Å². The van der Waals surface area contributed by atoms with Gasteiger partial charge in [0.1, 0.15) is 17.0 Å².